The number of thioether (sulfide) groups is 1. The van der Waals surface area contributed by atoms with Gasteiger partial charge in [-0.15, -0.1) is 5.10 Å². The number of aromatic amines is 1. The van der Waals surface area contributed by atoms with Crippen LogP contribution in [0.1, 0.15) is 51.1 Å². The van der Waals surface area contributed by atoms with Crippen molar-refractivity contribution in [3.63, 3.8) is 0 Å². The van der Waals surface area contributed by atoms with Crippen LogP contribution in [0.15, 0.2) is 0 Å². The highest BCUT2D eigenvalue weighted by Crippen LogP contribution is 2.30. The van der Waals surface area contributed by atoms with Gasteiger partial charge in [-0.3, -0.25) is 9.89 Å². The van der Waals surface area contributed by atoms with Crippen LogP contribution in [0.3, 0.4) is 0 Å². The Kier molecular flexibility index (Phi) is 3.64. The second kappa shape index (κ2) is 4.81. The van der Waals surface area contributed by atoms with E-state index in [0.29, 0.717) is 0 Å². The van der Waals surface area contributed by atoms with Crippen molar-refractivity contribution in [1.82, 2.24) is 20.1 Å². The molecule has 1 amide bonds. The first-order chi connectivity index (χ1) is 8.69. The molecule has 0 saturated carbocycles. The average molecular weight is 282 g/mol. The molecule has 0 spiro atoms. The van der Waals surface area contributed by atoms with Gasteiger partial charge in [-0.1, -0.05) is 20.8 Å². The van der Waals surface area contributed by atoms with E-state index in [1.54, 1.807) is 0 Å². The molecule has 2 heterocycles. The molecule has 0 atom stereocenters. The molecule has 2 rings (SSSR count). The molecule has 1 N–H and O–H groups in total. The maximum Gasteiger partial charge on any atom is 0.293 e. The van der Waals surface area contributed by atoms with Gasteiger partial charge in [0.15, 0.2) is 0 Å². The monoisotopic (exact) mass is 282 g/mol. The van der Waals surface area contributed by atoms with E-state index >= 15 is 0 Å². The van der Waals surface area contributed by atoms with E-state index in [0.717, 1.165) is 24.7 Å². The molecule has 1 saturated heterocycles. The minimum Gasteiger partial charge on any atom is -0.334 e. The van der Waals surface area contributed by atoms with E-state index in [1.807, 2.05) is 37.4 Å². The molecule has 1 aliphatic heterocycles. The summed E-state index contributed by atoms with van der Waals surface area (Å²) in [6.07, 6.45) is 0. The Morgan fingerprint density at radius 2 is 2.11 bits per heavy atom. The highest BCUT2D eigenvalue weighted by Gasteiger charge is 2.32. The molecule has 19 heavy (non-hydrogen) atoms. The fourth-order valence-electron chi connectivity index (χ4n) is 2.02. The second-order valence-corrected chi connectivity index (χ2v) is 8.39. The maximum atomic E-state index is 12.4. The van der Waals surface area contributed by atoms with Gasteiger partial charge < -0.3 is 4.90 Å². The van der Waals surface area contributed by atoms with Gasteiger partial charge in [0, 0.05) is 29.0 Å². The lowest BCUT2D eigenvalue weighted by Crippen LogP contribution is -2.46. The van der Waals surface area contributed by atoms with Crippen LogP contribution in [0.2, 0.25) is 0 Å². The topological polar surface area (TPSA) is 61.9 Å². The van der Waals surface area contributed by atoms with E-state index in [1.165, 1.54) is 0 Å². The summed E-state index contributed by atoms with van der Waals surface area (Å²) >= 11 is 1.90. The number of nitrogens with one attached hydrogen (secondary N) is 1. The van der Waals surface area contributed by atoms with E-state index in [4.69, 9.17) is 0 Å². The van der Waals surface area contributed by atoms with Crippen molar-refractivity contribution in [3.05, 3.63) is 11.6 Å². The summed E-state index contributed by atoms with van der Waals surface area (Å²) in [6.45, 7) is 12.0. The minimum atomic E-state index is -0.122. The molecule has 5 nitrogen and oxygen atoms in total. The molecule has 1 fully saturated rings. The smallest absolute Gasteiger partial charge is 0.293 e. The number of carbonyl (C=O) groups excluding carboxylic acids is 1. The van der Waals surface area contributed by atoms with Gasteiger partial charge in [-0.05, 0) is 13.8 Å². The quantitative estimate of drug-likeness (QED) is 0.856. The average Bonchev–Trinajstić information content (AvgIpc) is 2.75. The van der Waals surface area contributed by atoms with Crippen molar-refractivity contribution in [2.75, 3.05) is 18.8 Å². The Bertz CT molecular complexity index is 475. The van der Waals surface area contributed by atoms with Crippen LogP contribution in [-0.4, -0.2) is 49.6 Å². The lowest BCUT2D eigenvalue weighted by atomic mass is 9.96. The molecule has 0 unspecified atom stereocenters. The molecule has 0 aromatic carbocycles. The summed E-state index contributed by atoms with van der Waals surface area (Å²) < 4.78 is 0.108. The minimum absolute atomic E-state index is 0.0693. The molecule has 0 aliphatic carbocycles. The standard InChI is InChI=1S/C13H22N4OS/c1-12(2,3)11-14-9(15-16-11)10(18)17-6-7-19-13(4,5)8-17/h6-8H2,1-5H3,(H,14,15,16). The zero-order valence-corrected chi connectivity index (χ0v) is 13.1. The van der Waals surface area contributed by atoms with Crippen LogP contribution in [0.4, 0.5) is 0 Å². The Balaban J connectivity index is 2.14. The van der Waals surface area contributed by atoms with Gasteiger partial charge in [0.05, 0.1) is 0 Å². The zero-order chi connectivity index (χ0) is 14.3. The summed E-state index contributed by atoms with van der Waals surface area (Å²) in [5, 5.41) is 6.94. The van der Waals surface area contributed by atoms with Crippen LogP contribution in [0.25, 0.3) is 0 Å². The summed E-state index contributed by atoms with van der Waals surface area (Å²) in [5.74, 6) is 1.93. The van der Waals surface area contributed by atoms with Crippen LogP contribution in [-0.2, 0) is 5.41 Å². The predicted octanol–water partition coefficient (Wildman–Crippen LogP) is 2.07. The SMILES string of the molecule is CC1(C)CN(C(=O)c2n[nH]c(C(C)(C)C)n2)CCS1. The van der Waals surface area contributed by atoms with E-state index in [9.17, 15) is 4.79 Å². The van der Waals surface area contributed by atoms with E-state index < -0.39 is 0 Å². The zero-order valence-electron chi connectivity index (χ0n) is 12.3. The lowest BCUT2D eigenvalue weighted by Gasteiger charge is -2.36. The predicted molar refractivity (Wildman–Crippen MR) is 77.5 cm³/mol. The highest BCUT2D eigenvalue weighted by molar-refractivity contribution is 8.00. The molecule has 0 radical (unpaired) electrons. The van der Waals surface area contributed by atoms with Gasteiger partial charge in [0.2, 0.25) is 5.82 Å². The fraction of sp³-hybridized carbons (Fsp3) is 0.769. The van der Waals surface area contributed by atoms with E-state index in [2.05, 4.69) is 29.0 Å². The molecule has 0 bridgehead atoms. The van der Waals surface area contributed by atoms with Gasteiger partial charge in [-0.2, -0.15) is 11.8 Å². The van der Waals surface area contributed by atoms with Crippen molar-refractivity contribution in [1.29, 1.82) is 0 Å². The summed E-state index contributed by atoms with van der Waals surface area (Å²) in [4.78, 5) is 18.6. The normalized spacial score (nSPS) is 19.5. The molecule has 1 aliphatic rings. The summed E-state index contributed by atoms with van der Waals surface area (Å²) in [7, 11) is 0. The third-order valence-electron chi connectivity index (χ3n) is 3.10. The molecule has 1 aromatic heterocycles. The van der Waals surface area contributed by atoms with Crippen LogP contribution in [0, 0.1) is 0 Å². The number of amides is 1. The van der Waals surface area contributed by atoms with Crippen LogP contribution >= 0.6 is 11.8 Å². The second-order valence-electron chi connectivity index (χ2n) is 6.59. The Morgan fingerprint density at radius 3 is 2.63 bits per heavy atom. The van der Waals surface area contributed by atoms with Crippen LogP contribution in [0.5, 0.6) is 0 Å². The fourth-order valence-corrected chi connectivity index (χ4v) is 3.14. The third-order valence-corrected chi connectivity index (χ3v) is 4.40. The van der Waals surface area contributed by atoms with Gasteiger partial charge in [-0.25, -0.2) is 4.98 Å². The van der Waals surface area contributed by atoms with Crippen molar-refractivity contribution in [2.24, 2.45) is 0 Å². The molecule has 1 aromatic rings. The Morgan fingerprint density at radius 1 is 1.42 bits per heavy atom. The van der Waals surface area contributed by atoms with Gasteiger partial charge in [0.1, 0.15) is 5.82 Å². The first-order valence-electron chi connectivity index (χ1n) is 6.55. The third kappa shape index (κ3) is 3.29. The number of hydrogen-bond acceptors (Lipinski definition) is 4. The van der Waals surface area contributed by atoms with E-state index in [-0.39, 0.29) is 21.9 Å². The summed E-state index contributed by atoms with van der Waals surface area (Å²) in [5.41, 5.74) is -0.122. The molecule has 106 valence electrons. The number of aromatic nitrogens is 3. The number of rotatable bonds is 1. The number of H-pyrrole nitrogens is 1. The number of carbonyl (C=O) groups is 1. The van der Waals surface area contributed by atoms with Crippen molar-refractivity contribution in [2.45, 2.75) is 44.8 Å². The molecular weight excluding hydrogens is 260 g/mol. The van der Waals surface area contributed by atoms with Crippen LogP contribution < -0.4 is 0 Å². The Hall–Kier alpha value is -1.04. The first kappa shape index (κ1) is 14.4. The van der Waals surface area contributed by atoms with Crippen molar-refractivity contribution in [3.8, 4) is 0 Å². The van der Waals surface area contributed by atoms with Crippen molar-refractivity contribution < 1.29 is 4.79 Å². The Labute approximate surface area is 118 Å². The molecule has 6 heteroatoms. The largest absolute Gasteiger partial charge is 0.334 e. The van der Waals surface area contributed by atoms with Gasteiger partial charge in [0.25, 0.3) is 5.91 Å². The highest BCUT2D eigenvalue weighted by atomic mass is 32.2. The number of nitrogens with zero attached hydrogens (tertiary/aromatic N) is 3. The first-order valence-corrected chi connectivity index (χ1v) is 7.54. The van der Waals surface area contributed by atoms with Gasteiger partial charge >= 0.3 is 0 Å². The van der Waals surface area contributed by atoms with Crippen molar-refractivity contribution >= 4 is 17.7 Å². The number of hydrogen-bond donors (Lipinski definition) is 1. The maximum absolute atomic E-state index is 12.4. The molecular formula is C13H22N4OS. The summed E-state index contributed by atoms with van der Waals surface area (Å²) in [6, 6.07) is 0. The lowest BCUT2D eigenvalue weighted by molar-refractivity contribution is 0.0736.